The molecule has 4 nitrogen and oxygen atoms in total. The highest BCUT2D eigenvalue weighted by Crippen LogP contribution is 2.43. The largest absolute Gasteiger partial charge is 0.376 e. The van der Waals surface area contributed by atoms with Crippen molar-refractivity contribution < 1.29 is 5.11 Å². The van der Waals surface area contributed by atoms with Gasteiger partial charge in [0.25, 0.3) is 0 Å². The predicted octanol–water partition coefficient (Wildman–Crippen LogP) is 5.05. The first kappa shape index (κ1) is 19.6. The third-order valence-electron chi connectivity index (χ3n) is 6.72. The lowest BCUT2D eigenvalue weighted by Gasteiger charge is -2.32. The number of benzene rings is 3. The summed E-state index contributed by atoms with van der Waals surface area (Å²) in [5, 5.41) is 13.3. The molecular weight excluding hydrogens is 408 g/mol. The molecule has 0 amide bonds. The monoisotopic (exact) mass is 430 g/mol. The first-order chi connectivity index (χ1) is 16.0. The lowest BCUT2D eigenvalue weighted by atomic mass is 9.77. The highest BCUT2D eigenvalue weighted by Gasteiger charge is 2.38. The van der Waals surface area contributed by atoms with Gasteiger partial charge in [0.05, 0.1) is 0 Å². The molecule has 1 atom stereocenters. The van der Waals surface area contributed by atoms with Gasteiger partial charge in [-0.2, -0.15) is 0 Å². The molecule has 0 saturated carbocycles. The molecule has 0 radical (unpaired) electrons. The number of hydrogen-bond donors (Lipinski definition) is 2. The highest BCUT2D eigenvalue weighted by molar-refractivity contribution is 5.95. The Hall–Kier alpha value is -4.02. The maximum Gasteiger partial charge on any atom is 0.249 e. The van der Waals surface area contributed by atoms with Gasteiger partial charge in [0.15, 0.2) is 0 Å². The average molecular weight is 431 g/mol. The van der Waals surface area contributed by atoms with Crippen molar-refractivity contribution in [2.24, 2.45) is 4.99 Å². The molecule has 1 unspecified atom stereocenters. The molecule has 6 bridgehead atoms. The minimum absolute atomic E-state index is 0.151. The summed E-state index contributed by atoms with van der Waals surface area (Å²) in [4.78, 5) is 19.7. The van der Waals surface area contributed by atoms with E-state index in [-0.39, 0.29) is 5.56 Å². The summed E-state index contributed by atoms with van der Waals surface area (Å²) < 4.78 is 0. The summed E-state index contributed by atoms with van der Waals surface area (Å²) in [6, 6.07) is 23.8. The number of fused-ring (bicyclic) bond motifs is 6. The number of H-pyrrole nitrogens is 1. The van der Waals surface area contributed by atoms with E-state index in [0.717, 1.165) is 46.0 Å². The third kappa shape index (κ3) is 3.11. The van der Waals surface area contributed by atoms with Crippen LogP contribution in [0.3, 0.4) is 0 Å². The third-order valence-corrected chi connectivity index (χ3v) is 6.72. The van der Waals surface area contributed by atoms with Gasteiger partial charge >= 0.3 is 0 Å². The van der Waals surface area contributed by atoms with Gasteiger partial charge in [-0.3, -0.25) is 9.79 Å². The van der Waals surface area contributed by atoms with Crippen LogP contribution >= 0.6 is 0 Å². The second kappa shape index (κ2) is 7.26. The average Bonchev–Trinajstić information content (AvgIpc) is 3.27. The van der Waals surface area contributed by atoms with E-state index in [9.17, 15) is 9.90 Å². The zero-order chi connectivity index (χ0) is 22.6. The van der Waals surface area contributed by atoms with Crippen molar-refractivity contribution in [2.75, 3.05) is 0 Å². The molecule has 6 rings (SSSR count). The predicted molar refractivity (Wildman–Crippen MR) is 133 cm³/mol. The molecule has 4 aromatic rings. The van der Waals surface area contributed by atoms with E-state index in [1.165, 1.54) is 5.56 Å². The van der Waals surface area contributed by atoms with E-state index >= 15 is 0 Å². The highest BCUT2D eigenvalue weighted by atomic mass is 16.3. The van der Waals surface area contributed by atoms with Crippen molar-refractivity contribution in [1.82, 2.24) is 4.98 Å². The molecule has 2 heterocycles. The Balaban J connectivity index is 1.72. The first-order valence-electron chi connectivity index (χ1n) is 11.0. The lowest BCUT2D eigenvalue weighted by molar-refractivity contribution is 0.124. The summed E-state index contributed by atoms with van der Waals surface area (Å²) in [6.07, 6.45) is 5.06. The van der Waals surface area contributed by atoms with Gasteiger partial charge in [-0.1, -0.05) is 61.2 Å². The van der Waals surface area contributed by atoms with Crippen LogP contribution in [0.2, 0.25) is 0 Å². The standard InChI is InChI=1S/C29H22N2O2/c1-18-16-30-17-26(18)29(33)22-7-3-5-20(13-22)9-8-19-4-2-6-21(12-19)24-15-28(32)31-27-11-10-23(29)14-25(24)27/h2-7,10-17,33H,1,8-9H2,(H,31,32). The van der Waals surface area contributed by atoms with Crippen LogP contribution in [0.4, 0.5) is 0 Å². The van der Waals surface area contributed by atoms with Crippen LogP contribution in [0.5, 0.6) is 0 Å². The molecular formula is C29H22N2O2. The second-order valence-corrected chi connectivity index (χ2v) is 8.76. The van der Waals surface area contributed by atoms with Crippen LogP contribution in [-0.4, -0.2) is 16.3 Å². The van der Waals surface area contributed by atoms with Gasteiger partial charge in [0.2, 0.25) is 5.56 Å². The number of nitrogens with zero attached hydrogens (tertiary/aromatic N) is 1. The molecule has 2 N–H and O–H groups in total. The molecule has 1 aliphatic carbocycles. The van der Waals surface area contributed by atoms with E-state index in [2.05, 4.69) is 40.8 Å². The van der Waals surface area contributed by atoms with Crippen LogP contribution in [0.1, 0.15) is 22.3 Å². The lowest BCUT2D eigenvalue weighted by Crippen LogP contribution is -2.30. The van der Waals surface area contributed by atoms with Gasteiger partial charge in [-0.05, 0) is 63.9 Å². The summed E-state index contributed by atoms with van der Waals surface area (Å²) >= 11 is 0. The molecule has 160 valence electrons. The fourth-order valence-electron chi connectivity index (χ4n) is 5.01. The Bertz CT molecular complexity index is 1570. The Labute approximate surface area is 191 Å². The van der Waals surface area contributed by atoms with E-state index < -0.39 is 5.60 Å². The number of aliphatic hydroxyl groups is 1. The van der Waals surface area contributed by atoms with E-state index in [0.29, 0.717) is 16.7 Å². The van der Waals surface area contributed by atoms with Crippen molar-refractivity contribution in [3.8, 4) is 11.1 Å². The normalized spacial score (nSPS) is 19.2. The Morgan fingerprint density at radius 3 is 2.45 bits per heavy atom. The summed E-state index contributed by atoms with van der Waals surface area (Å²) in [5.41, 5.74) is 6.15. The minimum Gasteiger partial charge on any atom is -0.376 e. The number of aromatic amines is 1. The molecule has 0 fully saturated rings. The molecule has 3 aromatic carbocycles. The Kier molecular flexibility index (Phi) is 4.32. The summed E-state index contributed by atoms with van der Waals surface area (Å²) in [6.45, 7) is 4.12. The number of pyridine rings is 1. The summed E-state index contributed by atoms with van der Waals surface area (Å²) in [5.74, 6) is 0. The zero-order valence-electron chi connectivity index (χ0n) is 18.0. The zero-order valence-corrected chi connectivity index (χ0v) is 18.0. The van der Waals surface area contributed by atoms with Crippen molar-refractivity contribution in [3.63, 3.8) is 0 Å². The maximum absolute atomic E-state index is 12.5. The van der Waals surface area contributed by atoms with Crippen molar-refractivity contribution in [1.29, 1.82) is 0 Å². The number of aliphatic imine (C=N–C) groups is 1. The number of hydrogen-bond acceptors (Lipinski definition) is 3. The number of aromatic nitrogens is 1. The first-order valence-corrected chi connectivity index (χ1v) is 11.0. The van der Waals surface area contributed by atoms with Crippen molar-refractivity contribution >= 4 is 17.1 Å². The van der Waals surface area contributed by atoms with Crippen LogP contribution in [-0.2, 0) is 18.4 Å². The van der Waals surface area contributed by atoms with E-state index in [1.54, 1.807) is 18.5 Å². The van der Waals surface area contributed by atoms with E-state index in [4.69, 9.17) is 0 Å². The van der Waals surface area contributed by atoms with Gasteiger partial charge in [0.1, 0.15) is 5.60 Å². The fraction of sp³-hybridized carbons (Fsp3) is 0.103. The van der Waals surface area contributed by atoms with Crippen LogP contribution < -0.4 is 5.56 Å². The number of aryl methyl sites for hydroxylation is 2. The molecule has 1 aromatic heterocycles. The van der Waals surface area contributed by atoms with Crippen molar-refractivity contribution in [3.05, 3.63) is 129 Å². The molecule has 1 aliphatic heterocycles. The van der Waals surface area contributed by atoms with Crippen LogP contribution in [0, 0.1) is 0 Å². The minimum atomic E-state index is -1.43. The smallest absolute Gasteiger partial charge is 0.249 e. The Morgan fingerprint density at radius 1 is 0.909 bits per heavy atom. The van der Waals surface area contributed by atoms with Gasteiger partial charge < -0.3 is 10.1 Å². The number of nitrogens with one attached hydrogen (secondary N) is 1. The van der Waals surface area contributed by atoms with Crippen molar-refractivity contribution in [2.45, 2.75) is 18.4 Å². The molecule has 4 heteroatoms. The molecule has 2 aliphatic rings. The molecule has 0 saturated heterocycles. The summed E-state index contributed by atoms with van der Waals surface area (Å²) in [7, 11) is 0. The van der Waals surface area contributed by atoms with Gasteiger partial charge in [0, 0.05) is 35.0 Å². The van der Waals surface area contributed by atoms with Gasteiger partial charge in [-0.15, -0.1) is 0 Å². The number of rotatable bonds is 1. The maximum atomic E-state index is 12.5. The molecule has 33 heavy (non-hydrogen) atoms. The van der Waals surface area contributed by atoms with Crippen LogP contribution in [0.15, 0.2) is 107 Å². The quantitative estimate of drug-likeness (QED) is 0.444. The van der Waals surface area contributed by atoms with Crippen LogP contribution in [0.25, 0.3) is 22.0 Å². The van der Waals surface area contributed by atoms with Gasteiger partial charge in [-0.25, -0.2) is 0 Å². The second-order valence-electron chi connectivity index (χ2n) is 8.76. The molecule has 0 spiro atoms. The SMILES string of the molecule is C=C1C=NC=C1C1(O)c2cccc(c2)CCc2cccc(c2)-c2cc(=O)[nH]c3ccc1cc23. The van der Waals surface area contributed by atoms with E-state index in [1.807, 2.05) is 42.5 Å². The Morgan fingerprint density at radius 2 is 1.67 bits per heavy atom. The topological polar surface area (TPSA) is 65.5 Å². The fourth-order valence-corrected chi connectivity index (χ4v) is 5.01.